The lowest BCUT2D eigenvalue weighted by atomic mass is 10.00. The van der Waals surface area contributed by atoms with Crippen molar-refractivity contribution in [3.63, 3.8) is 0 Å². The van der Waals surface area contributed by atoms with E-state index in [4.69, 9.17) is 20.0 Å². The quantitative estimate of drug-likeness (QED) is 0.571. The van der Waals surface area contributed by atoms with Crippen LogP contribution >= 0.6 is 0 Å². The van der Waals surface area contributed by atoms with E-state index in [0.717, 1.165) is 17.5 Å². The van der Waals surface area contributed by atoms with Gasteiger partial charge in [0.1, 0.15) is 5.75 Å². The second kappa shape index (κ2) is 8.35. The minimum absolute atomic E-state index is 0.0668. The summed E-state index contributed by atoms with van der Waals surface area (Å²) in [4.78, 5) is 7.37. The number of ether oxygens (including phenoxy) is 1. The van der Waals surface area contributed by atoms with Crippen molar-refractivity contribution in [2.24, 2.45) is 0 Å². The smallest absolute Gasteiger partial charge is 0.258 e. The zero-order valence-electron chi connectivity index (χ0n) is 18.3. The third-order valence-corrected chi connectivity index (χ3v) is 6.36. The monoisotopic (exact) mass is 418 g/mol. The Hall–Kier alpha value is -2.86. The van der Waals surface area contributed by atoms with E-state index in [1.54, 1.807) is 0 Å². The van der Waals surface area contributed by atoms with Gasteiger partial charge in [-0.25, -0.2) is 0 Å². The highest BCUT2D eigenvalue weighted by Gasteiger charge is 2.31. The van der Waals surface area contributed by atoms with E-state index in [1.807, 2.05) is 32.0 Å². The largest absolute Gasteiger partial charge is 0.489 e. The summed E-state index contributed by atoms with van der Waals surface area (Å²) in [6.07, 6.45) is 6.28. The van der Waals surface area contributed by atoms with Crippen LogP contribution in [0.3, 0.4) is 0 Å². The summed E-state index contributed by atoms with van der Waals surface area (Å²) in [6, 6.07) is 12.6. The highest BCUT2D eigenvalue weighted by Crippen LogP contribution is 2.41. The molecule has 0 saturated carbocycles. The van der Waals surface area contributed by atoms with Crippen LogP contribution in [0, 0.1) is 0 Å². The van der Waals surface area contributed by atoms with Gasteiger partial charge in [-0.2, -0.15) is 4.98 Å². The number of benzene rings is 2. The minimum atomic E-state index is 0.0668. The van der Waals surface area contributed by atoms with E-state index < -0.39 is 0 Å². The lowest BCUT2D eigenvalue weighted by Crippen LogP contribution is -2.32. The van der Waals surface area contributed by atoms with Crippen LogP contribution in [0.4, 0.5) is 5.69 Å². The Balaban J connectivity index is 1.42. The lowest BCUT2D eigenvalue weighted by Gasteiger charge is -2.32. The van der Waals surface area contributed by atoms with Crippen molar-refractivity contribution in [1.29, 1.82) is 0 Å². The molecule has 5 rings (SSSR count). The Bertz CT molecular complexity index is 1070. The highest BCUT2D eigenvalue weighted by atomic mass is 16.5. The minimum Gasteiger partial charge on any atom is -0.489 e. The van der Waals surface area contributed by atoms with Gasteiger partial charge in [0.2, 0.25) is 5.82 Å². The van der Waals surface area contributed by atoms with Gasteiger partial charge in [0.05, 0.1) is 11.8 Å². The third-order valence-electron chi connectivity index (χ3n) is 6.36. The summed E-state index contributed by atoms with van der Waals surface area (Å²) >= 11 is 0. The van der Waals surface area contributed by atoms with Crippen LogP contribution in [0.25, 0.3) is 22.8 Å². The SMILES string of the molecule is CC(C)Oc1ccc(-c2nc(-c3cccc4c3CCC4N3CCCCC3)no2)cc1N. The Labute approximate surface area is 183 Å². The fourth-order valence-corrected chi connectivity index (χ4v) is 4.94. The molecule has 1 aliphatic heterocycles. The van der Waals surface area contributed by atoms with Gasteiger partial charge >= 0.3 is 0 Å². The molecule has 0 radical (unpaired) electrons. The predicted molar refractivity (Wildman–Crippen MR) is 122 cm³/mol. The van der Waals surface area contributed by atoms with Crippen molar-refractivity contribution in [1.82, 2.24) is 15.0 Å². The molecule has 162 valence electrons. The second-order valence-corrected chi connectivity index (χ2v) is 8.87. The second-order valence-electron chi connectivity index (χ2n) is 8.87. The molecular formula is C25H30N4O2. The fourth-order valence-electron chi connectivity index (χ4n) is 4.94. The summed E-state index contributed by atoms with van der Waals surface area (Å²) in [6.45, 7) is 6.37. The van der Waals surface area contributed by atoms with E-state index in [2.05, 4.69) is 28.3 Å². The van der Waals surface area contributed by atoms with E-state index in [1.165, 1.54) is 49.9 Å². The van der Waals surface area contributed by atoms with Gasteiger partial charge in [0.25, 0.3) is 5.89 Å². The number of nitrogens with two attached hydrogens (primary N) is 1. The zero-order chi connectivity index (χ0) is 21.4. The highest BCUT2D eigenvalue weighted by molar-refractivity contribution is 5.69. The number of piperidine rings is 1. The summed E-state index contributed by atoms with van der Waals surface area (Å²) < 4.78 is 11.3. The Morgan fingerprint density at radius 2 is 1.97 bits per heavy atom. The molecule has 1 saturated heterocycles. The summed E-state index contributed by atoms with van der Waals surface area (Å²) in [5.74, 6) is 1.79. The molecule has 2 aromatic carbocycles. The van der Waals surface area contributed by atoms with Crippen LogP contribution in [0.1, 0.15) is 56.7 Å². The number of hydrogen-bond acceptors (Lipinski definition) is 6. The van der Waals surface area contributed by atoms with Gasteiger partial charge in [-0.15, -0.1) is 0 Å². The maximum atomic E-state index is 6.17. The molecule has 6 nitrogen and oxygen atoms in total. The number of likely N-dealkylation sites (tertiary alicyclic amines) is 1. The van der Waals surface area contributed by atoms with E-state index >= 15 is 0 Å². The van der Waals surface area contributed by atoms with Gasteiger partial charge in [0, 0.05) is 17.2 Å². The number of fused-ring (bicyclic) bond motifs is 1. The van der Waals surface area contributed by atoms with Gasteiger partial charge in [-0.1, -0.05) is 29.8 Å². The molecule has 2 heterocycles. The summed E-state index contributed by atoms with van der Waals surface area (Å²) in [7, 11) is 0. The number of nitrogen functional groups attached to an aromatic ring is 1. The van der Waals surface area contributed by atoms with E-state index in [9.17, 15) is 0 Å². The zero-order valence-corrected chi connectivity index (χ0v) is 18.3. The van der Waals surface area contributed by atoms with Crippen LogP contribution in [-0.4, -0.2) is 34.2 Å². The van der Waals surface area contributed by atoms with Crippen molar-refractivity contribution in [2.45, 2.75) is 58.1 Å². The average molecular weight is 419 g/mol. The lowest BCUT2D eigenvalue weighted by molar-refractivity contribution is 0.163. The molecule has 2 aliphatic rings. The number of hydrogen-bond donors (Lipinski definition) is 1. The Morgan fingerprint density at radius 3 is 2.74 bits per heavy atom. The van der Waals surface area contributed by atoms with Gasteiger partial charge < -0.3 is 15.0 Å². The normalized spacial score (nSPS) is 19.0. The first-order valence-corrected chi connectivity index (χ1v) is 11.4. The molecule has 1 fully saturated rings. The molecule has 31 heavy (non-hydrogen) atoms. The molecule has 3 aromatic rings. The molecule has 0 bridgehead atoms. The molecule has 1 aliphatic carbocycles. The van der Waals surface area contributed by atoms with Crippen molar-refractivity contribution in [3.05, 3.63) is 47.5 Å². The van der Waals surface area contributed by atoms with E-state index in [-0.39, 0.29) is 6.10 Å². The maximum Gasteiger partial charge on any atom is 0.258 e. The van der Waals surface area contributed by atoms with Gasteiger partial charge in [-0.05, 0) is 81.9 Å². The average Bonchev–Trinajstić information content (AvgIpc) is 3.43. The molecule has 1 unspecified atom stereocenters. The maximum absolute atomic E-state index is 6.17. The Morgan fingerprint density at radius 1 is 1.13 bits per heavy atom. The van der Waals surface area contributed by atoms with Crippen molar-refractivity contribution in [3.8, 4) is 28.6 Å². The Kier molecular flexibility index (Phi) is 5.40. The topological polar surface area (TPSA) is 77.4 Å². The first-order chi connectivity index (χ1) is 15.1. The van der Waals surface area contributed by atoms with Crippen LogP contribution in [0.5, 0.6) is 5.75 Å². The fraction of sp³-hybridized carbons (Fsp3) is 0.440. The molecule has 0 spiro atoms. The van der Waals surface area contributed by atoms with Crippen molar-refractivity contribution >= 4 is 5.69 Å². The summed E-state index contributed by atoms with van der Waals surface area (Å²) in [5.41, 5.74) is 11.4. The van der Waals surface area contributed by atoms with Crippen LogP contribution < -0.4 is 10.5 Å². The first-order valence-electron chi connectivity index (χ1n) is 11.4. The molecule has 2 N–H and O–H groups in total. The number of rotatable bonds is 5. The van der Waals surface area contributed by atoms with E-state index in [0.29, 0.717) is 29.2 Å². The number of anilines is 1. The van der Waals surface area contributed by atoms with Crippen molar-refractivity contribution in [2.75, 3.05) is 18.8 Å². The molecule has 1 aromatic heterocycles. The molecule has 0 amide bonds. The number of nitrogens with zero attached hydrogens (tertiary/aromatic N) is 3. The first kappa shape index (κ1) is 20.1. The van der Waals surface area contributed by atoms with Crippen LogP contribution in [-0.2, 0) is 6.42 Å². The summed E-state index contributed by atoms with van der Waals surface area (Å²) in [5, 5.41) is 4.31. The van der Waals surface area contributed by atoms with Gasteiger partial charge in [0.15, 0.2) is 0 Å². The third kappa shape index (κ3) is 3.92. The van der Waals surface area contributed by atoms with Gasteiger partial charge in [-0.3, -0.25) is 4.90 Å². The molecular weight excluding hydrogens is 388 g/mol. The van der Waals surface area contributed by atoms with Crippen LogP contribution in [0.2, 0.25) is 0 Å². The molecule has 1 atom stereocenters. The number of aromatic nitrogens is 2. The molecule has 6 heteroatoms. The standard InChI is InChI=1S/C25H30N4O2/c1-16(2)30-23-12-9-17(15-21(23)26)25-27-24(28-31-25)20-8-6-7-19-18(20)10-11-22(19)29-13-4-3-5-14-29/h6-9,12,15-16,22H,3-5,10-11,13-14,26H2,1-2H3. The van der Waals surface area contributed by atoms with Crippen molar-refractivity contribution < 1.29 is 9.26 Å². The predicted octanol–water partition coefficient (Wildman–Crippen LogP) is 5.25. The van der Waals surface area contributed by atoms with Crippen LogP contribution in [0.15, 0.2) is 40.9 Å².